The van der Waals surface area contributed by atoms with Crippen molar-refractivity contribution in [2.45, 2.75) is 135 Å². The van der Waals surface area contributed by atoms with Crippen molar-refractivity contribution in [3.63, 3.8) is 0 Å². The molecule has 5 N–H and O–H groups in total. The highest BCUT2D eigenvalue weighted by atomic mass is 35.5. The maximum atomic E-state index is 9.49. The number of hydrogen-bond acceptors (Lipinski definition) is 7. The normalized spacial score (nSPS) is 11.4. The first-order valence-electron chi connectivity index (χ1n) is 19.4. The topological polar surface area (TPSA) is 131 Å². The van der Waals surface area contributed by atoms with Crippen LogP contribution in [0.3, 0.4) is 0 Å². The SMILES string of the molecule is C=CCN(C)C.C=CCN(C)C.C=CCN(C)C.C=CCN(C)C.CCCCCCCCCCCCCCCCCCC(O)C(C)O.Cl.O=P(O)(O)O. The Hall–Kier alpha value is -0.880. The maximum absolute atomic E-state index is 9.49. The van der Waals surface area contributed by atoms with Gasteiger partial charge in [-0.25, -0.2) is 4.57 Å². The van der Waals surface area contributed by atoms with E-state index in [1.165, 1.54) is 96.3 Å². The summed E-state index contributed by atoms with van der Waals surface area (Å²) in [7, 11) is 11.5. The fraction of sp³-hybridized carbons (Fsp3) is 0.805. The van der Waals surface area contributed by atoms with E-state index >= 15 is 0 Å². The van der Waals surface area contributed by atoms with E-state index in [0.717, 1.165) is 39.0 Å². The fourth-order valence-electron chi connectivity index (χ4n) is 4.18. The lowest BCUT2D eigenvalue weighted by Gasteiger charge is -2.12. The van der Waals surface area contributed by atoms with Gasteiger partial charge in [-0.05, 0) is 69.7 Å². The Morgan fingerprint density at radius 3 is 0.811 bits per heavy atom. The van der Waals surface area contributed by atoms with Crippen molar-refractivity contribution >= 4 is 20.2 Å². The Morgan fingerprint density at radius 1 is 0.491 bits per heavy atom. The number of phosphoric acid groups is 1. The van der Waals surface area contributed by atoms with Gasteiger partial charge in [0.05, 0.1) is 12.2 Å². The second kappa shape index (κ2) is 55.5. The van der Waals surface area contributed by atoms with Gasteiger partial charge in [0.2, 0.25) is 0 Å². The van der Waals surface area contributed by atoms with Crippen molar-refractivity contribution in [3.8, 4) is 0 Å². The van der Waals surface area contributed by atoms with Gasteiger partial charge in [0.1, 0.15) is 0 Å². The minimum atomic E-state index is -4.64. The van der Waals surface area contributed by atoms with E-state index in [-0.39, 0.29) is 12.4 Å². The lowest BCUT2D eigenvalue weighted by atomic mass is 10.0. The molecule has 0 amide bonds. The maximum Gasteiger partial charge on any atom is 0.466 e. The molecule has 0 saturated carbocycles. The van der Waals surface area contributed by atoms with Crippen LogP contribution in [-0.4, -0.2) is 139 Å². The minimum absolute atomic E-state index is 0. The van der Waals surface area contributed by atoms with Crippen LogP contribution in [0.2, 0.25) is 0 Å². The van der Waals surface area contributed by atoms with Crippen molar-refractivity contribution in [3.05, 3.63) is 50.6 Å². The highest BCUT2D eigenvalue weighted by Crippen LogP contribution is 2.25. The Bertz CT molecular complexity index is 690. The lowest BCUT2D eigenvalue weighted by molar-refractivity contribution is 0.0247. The van der Waals surface area contributed by atoms with Gasteiger partial charge in [-0.15, -0.1) is 38.7 Å². The van der Waals surface area contributed by atoms with Crippen LogP contribution in [0.4, 0.5) is 0 Å². The summed E-state index contributed by atoms with van der Waals surface area (Å²) in [6.07, 6.45) is 29.0. The van der Waals surface area contributed by atoms with E-state index in [2.05, 4.69) is 52.8 Å². The van der Waals surface area contributed by atoms with E-state index in [0.29, 0.717) is 0 Å². The monoisotopic (exact) mass is 803 g/mol. The number of nitrogens with zero attached hydrogens (tertiary/aromatic N) is 4. The van der Waals surface area contributed by atoms with Crippen molar-refractivity contribution in [2.75, 3.05) is 82.6 Å². The van der Waals surface area contributed by atoms with Gasteiger partial charge in [-0.3, -0.25) is 0 Å². The highest BCUT2D eigenvalue weighted by molar-refractivity contribution is 7.45. The van der Waals surface area contributed by atoms with Crippen molar-refractivity contribution in [1.29, 1.82) is 0 Å². The average Bonchev–Trinajstić information content (AvgIpc) is 3.01. The largest absolute Gasteiger partial charge is 0.466 e. The number of unbranched alkanes of at least 4 members (excludes halogenated alkanes) is 15. The molecule has 0 spiro atoms. The number of halogens is 1. The smallest absolute Gasteiger partial charge is 0.391 e. The van der Waals surface area contributed by atoms with Crippen LogP contribution in [-0.2, 0) is 4.57 Å². The van der Waals surface area contributed by atoms with E-state index in [1.807, 2.05) is 80.7 Å². The summed E-state index contributed by atoms with van der Waals surface area (Å²) in [4.78, 5) is 29.8. The van der Waals surface area contributed by atoms with Crippen LogP contribution in [0.25, 0.3) is 0 Å². The summed E-state index contributed by atoms with van der Waals surface area (Å²) in [6.45, 7) is 22.1. The number of hydrogen-bond donors (Lipinski definition) is 5. The fourth-order valence-corrected chi connectivity index (χ4v) is 4.18. The van der Waals surface area contributed by atoms with Crippen LogP contribution >= 0.6 is 20.2 Å². The number of aliphatic hydroxyl groups is 2. The Balaban J connectivity index is -0.000000114. The first-order chi connectivity index (χ1) is 24.3. The molecule has 10 nitrogen and oxygen atoms in total. The zero-order valence-electron chi connectivity index (χ0n) is 36.4. The molecule has 0 aromatic heterocycles. The summed E-state index contributed by atoms with van der Waals surface area (Å²) in [6, 6.07) is 0. The predicted octanol–water partition coefficient (Wildman–Crippen LogP) is 8.81. The first kappa shape index (κ1) is 66.9. The lowest BCUT2D eigenvalue weighted by Crippen LogP contribution is -2.21. The quantitative estimate of drug-likeness (QED) is 0.0329. The molecular weight excluding hydrogens is 711 g/mol. The standard InChI is InChI=1S/C21H44O2.4C5H11N.ClH.H3O4P/c1-3-4-5-6-7-8-9-10-11-12-13-14-15-16-17-18-19-21(23)20(2)22;4*1-4-5-6(2)3;;1-5(2,3)4/h20-23H,3-19H2,1-2H3;4*4H,1,5H2,2-3H3;1H;(H3,1,2,3,4). The summed E-state index contributed by atoms with van der Waals surface area (Å²) in [5.41, 5.74) is 0. The Labute approximate surface area is 336 Å². The van der Waals surface area contributed by atoms with Gasteiger partial charge in [-0.1, -0.05) is 134 Å². The summed E-state index contributed by atoms with van der Waals surface area (Å²) in [5, 5.41) is 18.7. The first-order valence-corrected chi connectivity index (χ1v) is 21.0. The third-order valence-corrected chi connectivity index (χ3v) is 6.89. The van der Waals surface area contributed by atoms with Crippen LogP contribution < -0.4 is 0 Å². The van der Waals surface area contributed by atoms with E-state index < -0.39 is 20.0 Å². The predicted molar refractivity (Wildman–Crippen MR) is 238 cm³/mol. The molecule has 53 heavy (non-hydrogen) atoms. The van der Waals surface area contributed by atoms with Gasteiger partial charge in [-0.2, -0.15) is 0 Å². The van der Waals surface area contributed by atoms with Crippen LogP contribution in [0.1, 0.15) is 123 Å². The van der Waals surface area contributed by atoms with Crippen LogP contribution in [0.5, 0.6) is 0 Å². The van der Waals surface area contributed by atoms with Crippen LogP contribution in [0, 0.1) is 0 Å². The molecule has 0 aliphatic carbocycles. The summed E-state index contributed by atoms with van der Waals surface area (Å²) < 4.78 is 8.88. The molecule has 0 heterocycles. The number of aliphatic hydroxyl groups excluding tert-OH is 2. The molecule has 0 fully saturated rings. The third kappa shape index (κ3) is 112. The van der Waals surface area contributed by atoms with Gasteiger partial charge in [0.25, 0.3) is 0 Å². The molecule has 0 bridgehead atoms. The molecule has 2 unspecified atom stereocenters. The summed E-state index contributed by atoms with van der Waals surface area (Å²) >= 11 is 0. The highest BCUT2D eigenvalue weighted by Gasteiger charge is 2.09. The Kier molecular flexibility index (Phi) is 70.0. The minimum Gasteiger partial charge on any atom is -0.391 e. The number of rotatable bonds is 26. The second-order valence-corrected chi connectivity index (χ2v) is 15.1. The molecule has 0 aliphatic heterocycles. The van der Waals surface area contributed by atoms with E-state index in [9.17, 15) is 10.2 Å². The summed E-state index contributed by atoms with van der Waals surface area (Å²) in [5.74, 6) is 0. The molecule has 0 aromatic rings. The van der Waals surface area contributed by atoms with Crippen molar-refractivity contribution in [1.82, 2.24) is 19.6 Å². The molecule has 0 aliphatic rings. The van der Waals surface area contributed by atoms with Gasteiger partial charge in [0.15, 0.2) is 0 Å². The zero-order chi connectivity index (χ0) is 41.6. The van der Waals surface area contributed by atoms with Crippen molar-refractivity contribution < 1.29 is 29.5 Å². The zero-order valence-corrected chi connectivity index (χ0v) is 38.1. The van der Waals surface area contributed by atoms with Crippen molar-refractivity contribution in [2.24, 2.45) is 0 Å². The molecule has 2 atom stereocenters. The second-order valence-electron chi connectivity index (χ2n) is 14.1. The van der Waals surface area contributed by atoms with E-state index in [4.69, 9.17) is 19.2 Å². The molecule has 0 rings (SSSR count). The van der Waals surface area contributed by atoms with E-state index in [1.54, 1.807) is 6.92 Å². The molecule has 324 valence electrons. The average molecular weight is 804 g/mol. The Morgan fingerprint density at radius 2 is 0.679 bits per heavy atom. The molecule has 12 heteroatoms. The number of likely N-dealkylation sites (N-methyl/N-ethyl adjacent to an activating group) is 4. The van der Waals surface area contributed by atoms with Gasteiger partial charge >= 0.3 is 7.82 Å². The molecule has 0 saturated heterocycles. The van der Waals surface area contributed by atoms with Crippen LogP contribution in [0.15, 0.2) is 50.6 Å². The molecule has 0 aromatic carbocycles. The molecular formula is C41H92ClN4O6P. The third-order valence-electron chi connectivity index (χ3n) is 6.89. The molecule has 0 radical (unpaired) electrons. The van der Waals surface area contributed by atoms with Gasteiger partial charge < -0.3 is 44.5 Å². The van der Waals surface area contributed by atoms with Gasteiger partial charge in [0, 0.05) is 26.2 Å².